The van der Waals surface area contributed by atoms with Gasteiger partial charge in [0.1, 0.15) is 5.82 Å². The molecule has 1 saturated heterocycles. The smallest absolute Gasteiger partial charge is 0.226 e. The predicted molar refractivity (Wildman–Crippen MR) is 88.6 cm³/mol. The normalized spacial score (nSPS) is 19.9. The summed E-state index contributed by atoms with van der Waals surface area (Å²) in [6, 6.07) is 0. The maximum atomic E-state index is 5.98. The lowest BCUT2D eigenvalue weighted by atomic mass is 10.1. The maximum absolute atomic E-state index is 5.98. The maximum Gasteiger partial charge on any atom is 0.226 e. The van der Waals surface area contributed by atoms with E-state index in [0.717, 1.165) is 30.7 Å². The number of nitrogens with two attached hydrogens (primary N) is 1. The molecule has 7 heteroatoms. The molecule has 1 fully saturated rings. The second kappa shape index (κ2) is 5.39. The van der Waals surface area contributed by atoms with Crippen molar-refractivity contribution in [2.24, 2.45) is 13.0 Å². The van der Waals surface area contributed by atoms with Crippen molar-refractivity contribution in [2.75, 3.05) is 30.7 Å². The second-order valence-electron chi connectivity index (χ2n) is 7.09. The Balaban J connectivity index is 1.66. The van der Waals surface area contributed by atoms with E-state index < -0.39 is 0 Å². The Labute approximate surface area is 130 Å². The number of nitrogens with one attached hydrogen (secondary N) is 1. The highest BCUT2D eigenvalue weighted by Crippen LogP contribution is 2.25. The zero-order valence-electron chi connectivity index (χ0n) is 13.8. The van der Waals surface area contributed by atoms with Gasteiger partial charge in [0.15, 0.2) is 5.65 Å². The van der Waals surface area contributed by atoms with Gasteiger partial charge in [-0.1, -0.05) is 0 Å². The van der Waals surface area contributed by atoms with Gasteiger partial charge in [-0.05, 0) is 39.7 Å². The molecule has 0 aromatic carbocycles. The minimum absolute atomic E-state index is 0.239. The lowest BCUT2D eigenvalue weighted by Crippen LogP contribution is -2.39. The molecule has 3 rings (SSSR count). The molecular formula is C15H25N7. The molecule has 0 spiro atoms. The van der Waals surface area contributed by atoms with Crippen LogP contribution >= 0.6 is 0 Å². The van der Waals surface area contributed by atoms with Crippen molar-refractivity contribution in [1.29, 1.82) is 0 Å². The monoisotopic (exact) mass is 303 g/mol. The first-order valence-electron chi connectivity index (χ1n) is 7.79. The Morgan fingerprint density at radius 2 is 2.14 bits per heavy atom. The molecule has 0 saturated carbocycles. The van der Waals surface area contributed by atoms with Crippen molar-refractivity contribution in [3.05, 3.63) is 6.20 Å². The van der Waals surface area contributed by atoms with Gasteiger partial charge in [-0.25, -0.2) is 0 Å². The van der Waals surface area contributed by atoms with Crippen LogP contribution in [0.4, 0.5) is 11.8 Å². The number of aryl methyl sites for hydroxylation is 1. The fourth-order valence-corrected chi connectivity index (χ4v) is 2.97. The molecule has 0 radical (unpaired) electrons. The van der Waals surface area contributed by atoms with E-state index in [1.165, 1.54) is 6.42 Å². The highest BCUT2D eigenvalue weighted by Gasteiger charge is 2.30. The lowest BCUT2D eigenvalue weighted by Gasteiger charge is -2.31. The predicted octanol–water partition coefficient (Wildman–Crippen LogP) is 1.48. The van der Waals surface area contributed by atoms with Crippen LogP contribution in [0.1, 0.15) is 27.2 Å². The fourth-order valence-electron chi connectivity index (χ4n) is 2.97. The summed E-state index contributed by atoms with van der Waals surface area (Å²) in [5, 5.41) is 8.31. The molecule has 0 amide bonds. The molecule has 0 unspecified atom stereocenters. The zero-order valence-corrected chi connectivity index (χ0v) is 13.8. The van der Waals surface area contributed by atoms with E-state index in [-0.39, 0.29) is 5.54 Å². The molecule has 3 heterocycles. The molecule has 2 aromatic rings. The van der Waals surface area contributed by atoms with Gasteiger partial charge >= 0.3 is 0 Å². The average Bonchev–Trinajstić information content (AvgIpc) is 3.04. The van der Waals surface area contributed by atoms with Crippen LogP contribution in [0.5, 0.6) is 0 Å². The quantitative estimate of drug-likeness (QED) is 0.893. The van der Waals surface area contributed by atoms with Crippen molar-refractivity contribution in [3.8, 4) is 0 Å². The SMILES string of the molecule is Cn1ncc2c(N)nc(NC[C@@H]3CCN(C(C)(C)C)C3)nc21. The molecule has 3 N–H and O–H groups in total. The van der Waals surface area contributed by atoms with E-state index in [1.54, 1.807) is 10.9 Å². The number of aromatic nitrogens is 4. The number of nitrogen functional groups attached to an aromatic ring is 1. The van der Waals surface area contributed by atoms with E-state index in [2.05, 4.69) is 46.1 Å². The van der Waals surface area contributed by atoms with Crippen molar-refractivity contribution in [3.63, 3.8) is 0 Å². The summed E-state index contributed by atoms with van der Waals surface area (Å²) in [6.07, 6.45) is 2.90. The van der Waals surface area contributed by atoms with E-state index in [4.69, 9.17) is 5.73 Å². The summed E-state index contributed by atoms with van der Waals surface area (Å²) >= 11 is 0. The largest absolute Gasteiger partial charge is 0.383 e. The van der Waals surface area contributed by atoms with Gasteiger partial charge in [0.2, 0.25) is 5.95 Å². The van der Waals surface area contributed by atoms with E-state index in [1.807, 2.05) is 7.05 Å². The number of likely N-dealkylation sites (tertiary alicyclic amines) is 1. The van der Waals surface area contributed by atoms with Gasteiger partial charge < -0.3 is 11.1 Å². The minimum atomic E-state index is 0.239. The van der Waals surface area contributed by atoms with Gasteiger partial charge in [-0.2, -0.15) is 15.1 Å². The molecular weight excluding hydrogens is 278 g/mol. The summed E-state index contributed by atoms with van der Waals surface area (Å²) in [7, 11) is 1.86. The third-order valence-corrected chi connectivity index (χ3v) is 4.40. The Kier molecular flexibility index (Phi) is 3.68. The lowest BCUT2D eigenvalue weighted by molar-refractivity contribution is 0.169. The summed E-state index contributed by atoms with van der Waals surface area (Å²) in [5.74, 6) is 1.68. The fraction of sp³-hybridized carbons (Fsp3) is 0.667. The first-order chi connectivity index (χ1) is 10.3. The standard InChI is InChI=1S/C15H25N7/c1-15(2,3)22-6-5-10(9-22)7-17-14-19-12(16)11-8-18-21(4)13(11)20-14/h8,10H,5-7,9H2,1-4H3,(H3,16,17,19,20)/t10-/m0/s1. The van der Waals surface area contributed by atoms with Crippen LogP contribution < -0.4 is 11.1 Å². The first-order valence-corrected chi connectivity index (χ1v) is 7.79. The number of hydrogen-bond acceptors (Lipinski definition) is 6. The minimum Gasteiger partial charge on any atom is -0.383 e. The number of anilines is 2. The number of hydrogen-bond donors (Lipinski definition) is 2. The molecule has 120 valence electrons. The first kappa shape index (κ1) is 15.0. The van der Waals surface area contributed by atoms with Gasteiger partial charge in [-0.15, -0.1) is 0 Å². The van der Waals surface area contributed by atoms with E-state index in [9.17, 15) is 0 Å². The number of rotatable bonds is 3. The van der Waals surface area contributed by atoms with Crippen LogP contribution in [0.2, 0.25) is 0 Å². The molecule has 0 aliphatic carbocycles. The van der Waals surface area contributed by atoms with Crippen LogP contribution in [0, 0.1) is 5.92 Å². The summed E-state index contributed by atoms with van der Waals surface area (Å²) in [4.78, 5) is 11.4. The molecule has 1 atom stereocenters. The molecule has 2 aromatic heterocycles. The van der Waals surface area contributed by atoms with Crippen LogP contribution in [-0.4, -0.2) is 49.8 Å². The Morgan fingerprint density at radius 1 is 1.36 bits per heavy atom. The summed E-state index contributed by atoms with van der Waals surface area (Å²) in [5.41, 5.74) is 6.98. The molecule has 0 bridgehead atoms. The highest BCUT2D eigenvalue weighted by molar-refractivity contribution is 5.86. The van der Waals surface area contributed by atoms with Crippen LogP contribution in [0.25, 0.3) is 11.0 Å². The van der Waals surface area contributed by atoms with E-state index >= 15 is 0 Å². The number of fused-ring (bicyclic) bond motifs is 1. The van der Waals surface area contributed by atoms with Crippen molar-refractivity contribution in [2.45, 2.75) is 32.7 Å². The number of nitrogens with zero attached hydrogens (tertiary/aromatic N) is 5. The average molecular weight is 303 g/mol. The molecule has 7 nitrogen and oxygen atoms in total. The third kappa shape index (κ3) is 2.85. The van der Waals surface area contributed by atoms with Gasteiger partial charge in [0, 0.05) is 25.7 Å². The van der Waals surface area contributed by atoms with E-state index in [0.29, 0.717) is 17.7 Å². The highest BCUT2D eigenvalue weighted by atomic mass is 15.3. The molecule has 22 heavy (non-hydrogen) atoms. The van der Waals surface area contributed by atoms with Gasteiger partial charge in [0.05, 0.1) is 11.6 Å². The van der Waals surface area contributed by atoms with Gasteiger partial charge in [-0.3, -0.25) is 9.58 Å². The molecule has 1 aliphatic heterocycles. The van der Waals surface area contributed by atoms with Crippen LogP contribution in [0.15, 0.2) is 6.20 Å². The summed E-state index contributed by atoms with van der Waals surface area (Å²) < 4.78 is 1.72. The summed E-state index contributed by atoms with van der Waals surface area (Å²) in [6.45, 7) is 9.93. The second-order valence-corrected chi connectivity index (χ2v) is 7.09. The third-order valence-electron chi connectivity index (χ3n) is 4.40. The molecule has 1 aliphatic rings. The van der Waals surface area contributed by atoms with Crippen molar-refractivity contribution < 1.29 is 0 Å². The van der Waals surface area contributed by atoms with Crippen LogP contribution in [-0.2, 0) is 7.05 Å². The Hall–Kier alpha value is -1.89. The zero-order chi connectivity index (χ0) is 15.9. The Bertz CT molecular complexity index is 670. The van der Waals surface area contributed by atoms with Crippen molar-refractivity contribution >= 4 is 22.8 Å². The van der Waals surface area contributed by atoms with Gasteiger partial charge in [0.25, 0.3) is 0 Å². The topological polar surface area (TPSA) is 84.9 Å². The van der Waals surface area contributed by atoms with Crippen LogP contribution in [0.3, 0.4) is 0 Å². The Morgan fingerprint density at radius 3 is 2.82 bits per heavy atom. The van der Waals surface area contributed by atoms with Crippen molar-refractivity contribution in [1.82, 2.24) is 24.6 Å².